The van der Waals surface area contributed by atoms with Crippen LogP contribution < -0.4 is 4.90 Å². The maximum Gasteiger partial charge on any atom is 0.338 e. The topological polar surface area (TPSA) is 63.7 Å². The van der Waals surface area contributed by atoms with E-state index < -0.39 is 17.8 Å². The van der Waals surface area contributed by atoms with Crippen LogP contribution in [0, 0.1) is 0 Å². The molecule has 0 atom stereocenters. The third kappa shape index (κ3) is 4.85. The van der Waals surface area contributed by atoms with Crippen LogP contribution in [0.2, 0.25) is 10.0 Å². The minimum absolute atomic E-state index is 0.167. The molecule has 0 unspecified atom stereocenters. The van der Waals surface area contributed by atoms with E-state index in [0.717, 1.165) is 24.2 Å². The monoisotopic (exact) mass is 447 g/mol. The van der Waals surface area contributed by atoms with Crippen molar-refractivity contribution < 1.29 is 19.1 Å². The Hall–Kier alpha value is -2.37. The summed E-state index contributed by atoms with van der Waals surface area (Å²) in [6.07, 6.45) is 6.57. The van der Waals surface area contributed by atoms with E-state index in [1.807, 2.05) is 0 Å². The number of ether oxygens (including phenoxy) is 1. The first-order valence-corrected chi connectivity index (χ1v) is 10.8. The van der Waals surface area contributed by atoms with Gasteiger partial charge in [-0.15, -0.1) is 0 Å². The second-order valence-corrected chi connectivity index (χ2v) is 8.02. The zero-order valence-electron chi connectivity index (χ0n) is 16.7. The van der Waals surface area contributed by atoms with Crippen molar-refractivity contribution in [1.82, 2.24) is 0 Å². The van der Waals surface area contributed by atoms with Crippen LogP contribution in [-0.2, 0) is 4.74 Å². The van der Waals surface area contributed by atoms with Crippen LogP contribution in [0.15, 0.2) is 36.4 Å². The lowest BCUT2D eigenvalue weighted by Gasteiger charge is -2.14. The van der Waals surface area contributed by atoms with Crippen molar-refractivity contribution in [3.63, 3.8) is 0 Å². The lowest BCUT2D eigenvalue weighted by molar-refractivity contribution is 0.0497. The third-order valence-corrected chi connectivity index (χ3v) is 5.75. The number of hydrogen-bond acceptors (Lipinski definition) is 4. The number of unbranched alkanes of at least 4 members (excludes halogenated alkanes) is 5. The fraction of sp³-hybridized carbons (Fsp3) is 0.348. The molecule has 0 spiro atoms. The van der Waals surface area contributed by atoms with Gasteiger partial charge in [-0.25, -0.2) is 9.69 Å². The average Bonchev–Trinajstić information content (AvgIpc) is 2.99. The molecule has 0 aromatic heterocycles. The summed E-state index contributed by atoms with van der Waals surface area (Å²) < 4.78 is 5.32. The molecule has 5 nitrogen and oxygen atoms in total. The molecule has 1 aliphatic heterocycles. The Bertz CT molecular complexity index is 974. The fourth-order valence-electron chi connectivity index (χ4n) is 3.36. The highest BCUT2D eigenvalue weighted by molar-refractivity contribution is 6.42. The van der Waals surface area contributed by atoms with Crippen molar-refractivity contribution in [3.8, 4) is 0 Å². The molecule has 1 aliphatic rings. The van der Waals surface area contributed by atoms with Crippen molar-refractivity contribution >= 4 is 46.7 Å². The smallest absolute Gasteiger partial charge is 0.338 e. The Kier molecular flexibility index (Phi) is 7.51. The maximum atomic E-state index is 12.8. The molecular weight excluding hydrogens is 425 g/mol. The second kappa shape index (κ2) is 10.1. The molecule has 0 fully saturated rings. The summed E-state index contributed by atoms with van der Waals surface area (Å²) in [7, 11) is 0. The largest absolute Gasteiger partial charge is 0.462 e. The van der Waals surface area contributed by atoms with Crippen LogP contribution in [0.25, 0.3) is 0 Å². The molecule has 2 amide bonds. The van der Waals surface area contributed by atoms with Crippen molar-refractivity contribution in [2.24, 2.45) is 0 Å². The number of anilines is 1. The molecule has 0 bridgehead atoms. The average molecular weight is 448 g/mol. The molecule has 0 N–H and O–H groups in total. The van der Waals surface area contributed by atoms with Crippen molar-refractivity contribution in [2.75, 3.05) is 11.5 Å². The van der Waals surface area contributed by atoms with Gasteiger partial charge in [-0.05, 0) is 42.8 Å². The number of halogens is 2. The van der Waals surface area contributed by atoms with Gasteiger partial charge in [0.25, 0.3) is 11.8 Å². The summed E-state index contributed by atoms with van der Waals surface area (Å²) in [5.74, 6) is -1.49. The number of esters is 1. The minimum atomic E-state index is -0.515. The standard InChI is InChI=1S/C23H23Cl2NO4/c1-2-3-4-5-6-7-12-30-23(29)15-8-10-17-18(13-15)22(28)26(21(17)27)16-9-11-19(24)20(25)14-16/h8-11,13-14H,2-7,12H2,1H3. The molecule has 2 aromatic carbocycles. The van der Waals surface area contributed by atoms with Crippen LogP contribution in [0.1, 0.15) is 76.5 Å². The molecule has 0 saturated carbocycles. The van der Waals surface area contributed by atoms with Crippen LogP contribution in [0.4, 0.5) is 5.69 Å². The van der Waals surface area contributed by atoms with Gasteiger partial charge in [-0.2, -0.15) is 0 Å². The van der Waals surface area contributed by atoms with Gasteiger partial charge in [0, 0.05) is 0 Å². The van der Waals surface area contributed by atoms with Crippen molar-refractivity contribution in [1.29, 1.82) is 0 Å². The van der Waals surface area contributed by atoms with Crippen LogP contribution in [-0.4, -0.2) is 24.4 Å². The highest BCUT2D eigenvalue weighted by atomic mass is 35.5. The Morgan fingerprint density at radius 1 is 0.867 bits per heavy atom. The fourth-order valence-corrected chi connectivity index (χ4v) is 3.65. The highest BCUT2D eigenvalue weighted by Crippen LogP contribution is 2.33. The van der Waals surface area contributed by atoms with E-state index in [0.29, 0.717) is 17.3 Å². The number of amides is 2. The molecule has 0 saturated heterocycles. The van der Waals surface area contributed by atoms with E-state index in [1.165, 1.54) is 49.6 Å². The summed E-state index contributed by atoms with van der Waals surface area (Å²) >= 11 is 11.9. The van der Waals surface area contributed by atoms with Gasteiger partial charge in [0.15, 0.2) is 0 Å². The first-order valence-electron chi connectivity index (χ1n) is 10.1. The first-order chi connectivity index (χ1) is 14.4. The number of rotatable bonds is 9. The van der Waals surface area contributed by atoms with Gasteiger partial charge in [0.05, 0.1) is 39.0 Å². The molecule has 7 heteroatoms. The van der Waals surface area contributed by atoms with Crippen LogP contribution >= 0.6 is 23.2 Å². The van der Waals surface area contributed by atoms with Gasteiger partial charge in [0.2, 0.25) is 0 Å². The Labute approximate surface area is 185 Å². The predicted molar refractivity (Wildman–Crippen MR) is 118 cm³/mol. The number of benzene rings is 2. The van der Waals surface area contributed by atoms with Gasteiger partial charge in [0.1, 0.15) is 0 Å². The van der Waals surface area contributed by atoms with E-state index in [2.05, 4.69) is 6.92 Å². The predicted octanol–water partition coefficient (Wildman–Crippen LogP) is 6.31. The quantitative estimate of drug-likeness (QED) is 0.256. The van der Waals surface area contributed by atoms with Gasteiger partial charge < -0.3 is 4.74 Å². The number of fused-ring (bicyclic) bond motifs is 1. The SMILES string of the molecule is CCCCCCCCOC(=O)c1ccc2c(c1)C(=O)N(c1ccc(Cl)c(Cl)c1)C2=O. The zero-order valence-corrected chi connectivity index (χ0v) is 18.3. The van der Waals surface area contributed by atoms with E-state index >= 15 is 0 Å². The number of imide groups is 1. The molecule has 158 valence electrons. The van der Waals surface area contributed by atoms with Gasteiger partial charge in [-0.1, -0.05) is 62.2 Å². The molecular formula is C23H23Cl2NO4. The van der Waals surface area contributed by atoms with Crippen LogP contribution in [0.5, 0.6) is 0 Å². The summed E-state index contributed by atoms with van der Waals surface area (Å²) in [4.78, 5) is 38.9. The second-order valence-electron chi connectivity index (χ2n) is 7.21. The Balaban J connectivity index is 1.66. The number of carbonyl (C=O) groups is 3. The molecule has 2 aromatic rings. The summed E-state index contributed by atoms with van der Waals surface area (Å²) in [6.45, 7) is 2.50. The number of hydrogen-bond donors (Lipinski definition) is 0. The Morgan fingerprint density at radius 2 is 1.57 bits per heavy atom. The molecule has 1 heterocycles. The minimum Gasteiger partial charge on any atom is -0.462 e. The summed E-state index contributed by atoms with van der Waals surface area (Å²) in [5, 5.41) is 0.567. The van der Waals surface area contributed by atoms with Gasteiger partial charge in [-0.3, -0.25) is 9.59 Å². The molecule has 30 heavy (non-hydrogen) atoms. The third-order valence-electron chi connectivity index (χ3n) is 5.01. The lowest BCUT2D eigenvalue weighted by atomic mass is 10.1. The van der Waals surface area contributed by atoms with E-state index in [1.54, 1.807) is 6.07 Å². The highest BCUT2D eigenvalue weighted by Gasteiger charge is 2.37. The van der Waals surface area contributed by atoms with Gasteiger partial charge >= 0.3 is 5.97 Å². The normalized spacial score (nSPS) is 13.0. The van der Waals surface area contributed by atoms with E-state index in [-0.39, 0.29) is 21.7 Å². The first kappa shape index (κ1) is 22.3. The van der Waals surface area contributed by atoms with Crippen LogP contribution in [0.3, 0.4) is 0 Å². The molecule has 0 aliphatic carbocycles. The maximum absolute atomic E-state index is 12.8. The molecule has 0 radical (unpaired) electrons. The Morgan fingerprint density at radius 3 is 2.30 bits per heavy atom. The lowest BCUT2D eigenvalue weighted by Crippen LogP contribution is -2.29. The van der Waals surface area contributed by atoms with Crippen molar-refractivity contribution in [2.45, 2.75) is 45.4 Å². The van der Waals surface area contributed by atoms with Crippen molar-refractivity contribution in [3.05, 3.63) is 63.1 Å². The molecule has 3 rings (SSSR count). The van der Waals surface area contributed by atoms with E-state index in [4.69, 9.17) is 27.9 Å². The number of carbonyl (C=O) groups excluding carboxylic acids is 3. The summed E-state index contributed by atoms with van der Waals surface area (Å²) in [5.41, 5.74) is 0.971. The number of nitrogens with zero attached hydrogens (tertiary/aromatic N) is 1. The zero-order chi connectivity index (χ0) is 21.7. The van der Waals surface area contributed by atoms with E-state index in [9.17, 15) is 14.4 Å². The summed E-state index contributed by atoms with van der Waals surface area (Å²) in [6, 6.07) is 8.93.